The van der Waals surface area contributed by atoms with Crippen LogP contribution in [0, 0.1) is 6.92 Å². The molecule has 1 aromatic heterocycles. The third kappa shape index (κ3) is 3.08. The predicted octanol–water partition coefficient (Wildman–Crippen LogP) is 3.35. The summed E-state index contributed by atoms with van der Waals surface area (Å²) in [4.78, 5) is 15.2. The van der Waals surface area contributed by atoms with E-state index in [1.165, 1.54) is 5.56 Å². The minimum atomic E-state index is -0.0138. The number of aryl methyl sites for hydroxylation is 2. The average molecular weight is 361 g/mol. The van der Waals surface area contributed by atoms with Crippen molar-refractivity contribution in [3.8, 4) is 0 Å². The molecule has 0 aliphatic carbocycles. The Kier molecular flexibility index (Phi) is 4.41. The highest BCUT2D eigenvalue weighted by Crippen LogP contribution is 2.36. The molecule has 27 heavy (non-hydrogen) atoms. The lowest BCUT2D eigenvalue weighted by molar-refractivity contribution is 0.0985. The SMILES string of the molecule is CNCc1ccc(C(=O)N2Cc3cnn(C)c3Nc3ccccc32)cc1C. The van der Waals surface area contributed by atoms with E-state index in [1.807, 2.05) is 74.6 Å². The topological polar surface area (TPSA) is 62.2 Å². The minimum absolute atomic E-state index is 0.0138. The number of hydrogen-bond acceptors (Lipinski definition) is 4. The van der Waals surface area contributed by atoms with Gasteiger partial charge in [-0.2, -0.15) is 5.10 Å². The molecule has 2 N–H and O–H groups in total. The zero-order chi connectivity index (χ0) is 19.0. The van der Waals surface area contributed by atoms with Crippen molar-refractivity contribution < 1.29 is 4.79 Å². The van der Waals surface area contributed by atoms with Crippen LogP contribution < -0.4 is 15.5 Å². The first kappa shape index (κ1) is 17.3. The van der Waals surface area contributed by atoms with Gasteiger partial charge in [0.15, 0.2) is 0 Å². The lowest BCUT2D eigenvalue weighted by Gasteiger charge is -2.23. The monoisotopic (exact) mass is 361 g/mol. The summed E-state index contributed by atoms with van der Waals surface area (Å²) in [6.45, 7) is 3.31. The van der Waals surface area contributed by atoms with Gasteiger partial charge in [0.05, 0.1) is 24.1 Å². The number of nitrogens with one attached hydrogen (secondary N) is 2. The molecule has 1 aliphatic heterocycles. The third-order valence-electron chi connectivity index (χ3n) is 4.99. The molecule has 3 aromatic rings. The molecule has 0 atom stereocenters. The lowest BCUT2D eigenvalue weighted by atomic mass is 10.0. The summed E-state index contributed by atoms with van der Waals surface area (Å²) in [5.41, 5.74) is 5.76. The van der Waals surface area contributed by atoms with Crippen LogP contribution in [0.5, 0.6) is 0 Å². The van der Waals surface area contributed by atoms with Gasteiger partial charge in [-0.15, -0.1) is 0 Å². The fourth-order valence-electron chi connectivity index (χ4n) is 3.51. The molecule has 2 heterocycles. The summed E-state index contributed by atoms with van der Waals surface area (Å²) >= 11 is 0. The van der Waals surface area contributed by atoms with Gasteiger partial charge in [-0.3, -0.25) is 9.48 Å². The van der Waals surface area contributed by atoms with E-state index >= 15 is 0 Å². The van der Waals surface area contributed by atoms with E-state index in [0.29, 0.717) is 12.1 Å². The molecule has 2 aromatic carbocycles. The van der Waals surface area contributed by atoms with Crippen molar-refractivity contribution >= 4 is 23.1 Å². The first-order chi connectivity index (χ1) is 13.1. The molecule has 6 heteroatoms. The van der Waals surface area contributed by atoms with E-state index in [1.54, 1.807) is 4.68 Å². The number of para-hydroxylation sites is 2. The van der Waals surface area contributed by atoms with E-state index in [2.05, 4.69) is 15.7 Å². The molecule has 1 aliphatic rings. The third-order valence-corrected chi connectivity index (χ3v) is 4.99. The van der Waals surface area contributed by atoms with Crippen LogP contribution in [-0.4, -0.2) is 22.7 Å². The van der Waals surface area contributed by atoms with Crippen molar-refractivity contribution in [3.63, 3.8) is 0 Å². The molecule has 0 radical (unpaired) electrons. The van der Waals surface area contributed by atoms with Crippen molar-refractivity contribution in [1.29, 1.82) is 0 Å². The Morgan fingerprint density at radius 2 is 2.07 bits per heavy atom. The van der Waals surface area contributed by atoms with Gasteiger partial charge < -0.3 is 15.5 Å². The molecular weight excluding hydrogens is 338 g/mol. The minimum Gasteiger partial charge on any atom is -0.338 e. The average Bonchev–Trinajstić information content (AvgIpc) is 2.92. The number of benzene rings is 2. The van der Waals surface area contributed by atoms with Gasteiger partial charge in [-0.1, -0.05) is 18.2 Å². The van der Waals surface area contributed by atoms with Gasteiger partial charge in [0.2, 0.25) is 0 Å². The zero-order valence-electron chi connectivity index (χ0n) is 15.8. The smallest absolute Gasteiger partial charge is 0.258 e. The quantitative estimate of drug-likeness (QED) is 0.751. The van der Waals surface area contributed by atoms with Gasteiger partial charge in [0, 0.05) is 24.7 Å². The molecule has 0 bridgehead atoms. The van der Waals surface area contributed by atoms with Crippen molar-refractivity contribution in [2.24, 2.45) is 7.05 Å². The number of nitrogens with zero attached hydrogens (tertiary/aromatic N) is 3. The molecule has 0 saturated carbocycles. The molecule has 0 spiro atoms. The first-order valence-corrected chi connectivity index (χ1v) is 9.01. The number of anilines is 3. The molecule has 0 fully saturated rings. The summed E-state index contributed by atoms with van der Waals surface area (Å²) in [5.74, 6) is 0.901. The second-order valence-corrected chi connectivity index (χ2v) is 6.85. The highest BCUT2D eigenvalue weighted by Gasteiger charge is 2.26. The Morgan fingerprint density at radius 1 is 1.26 bits per heavy atom. The number of aromatic nitrogens is 2. The summed E-state index contributed by atoms with van der Waals surface area (Å²) in [7, 11) is 3.82. The van der Waals surface area contributed by atoms with Crippen LogP contribution in [0.15, 0.2) is 48.7 Å². The van der Waals surface area contributed by atoms with Crippen LogP contribution in [0.3, 0.4) is 0 Å². The van der Waals surface area contributed by atoms with Crippen LogP contribution in [0.25, 0.3) is 0 Å². The second kappa shape index (κ2) is 6.89. The van der Waals surface area contributed by atoms with Crippen molar-refractivity contribution in [2.75, 3.05) is 17.3 Å². The largest absolute Gasteiger partial charge is 0.338 e. The molecule has 0 unspecified atom stereocenters. The Bertz CT molecular complexity index is 1010. The van der Waals surface area contributed by atoms with Crippen molar-refractivity contribution in [1.82, 2.24) is 15.1 Å². The standard InChI is InChI=1S/C21H23N5O/c1-14-10-15(8-9-16(14)11-22-2)21(27)26-13-17-12-23-25(3)20(17)24-18-6-4-5-7-19(18)26/h4-10,12,22,24H,11,13H2,1-3H3. The van der Waals surface area contributed by atoms with E-state index in [9.17, 15) is 4.79 Å². The Morgan fingerprint density at radius 3 is 2.85 bits per heavy atom. The molecule has 138 valence electrons. The van der Waals surface area contributed by atoms with E-state index in [0.717, 1.165) is 34.9 Å². The maximum Gasteiger partial charge on any atom is 0.258 e. The van der Waals surface area contributed by atoms with E-state index in [4.69, 9.17) is 0 Å². The Balaban J connectivity index is 1.76. The molecule has 4 rings (SSSR count). The summed E-state index contributed by atoms with van der Waals surface area (Å²) < 4.78 is 1.80. The Hall–Kier alpha value is -3.12. The van der Waals surface area contributed by atoms with Crippen LogP contribution in [0.2, 0.25) is 0 Å². The number of carbonyl (C=O) groups excluding carboxylic acids is 1. The maximum atomic E-state index is 13.4. The fraction of sp³-hybridized carbons (Fsp3) is 0.238. The Labute approximate surface area is 158 Å². The predicted molar refractivity (Wildman–Crippen MR) is 107 cm³/mol. The number of rotatable bonds is 3. The van der Waals surface area contributed by atoms with Crippen LogP contribution in [-0.2, 0) is 20.1 Å². The van der Waals surface area contributed by atoms with Crippen LogP contribution in [0.1, 0.15) is 27.0 Å². The van der Waals surface area contributed by atoms with Gasteiger partial charge in [-0.05, 0) is 49.4 Å². The number of fused-ring (bicyclic) bond motifs is 2. The summed E-state index contributed by atoms with van der Waals surface area (Å²) in [6.07, 6.45) is 1.82. The second-order valence-electron chi connectivity index (χ2n) is 6.85. The van der Waals surface area contributed by atoms with E-state index < -0.39 is 0 Å². The van der Waals surface area contributed by atoms with Gasteiger partial charge in [0.25, 0.3) is 5.91 Å². The zero-order valence-corrected chi connectivity index (χ0v) is 15.8. The summed E-state index contributed by atoms with van der Waals surface area (Å²) in [5, 5.41) is 10.9. The normalized spacial score (nSPS) is 12.8. The molecule has 0 saturated heterocycles. The highest BCUT2D eigenvalue weighted by molar-refractivity contribution is 6.08. The van der Waals surface area contributed by atoms with Crippen molar-refractivity contribution in [3.05, 3.63) is 70.9 Å². The fourth-order valence-corrected chi connectivity index (χ4v) is 3.51. The molecule has 1 amide bonds. The molecule has 6 nitrogen and oxygen atoms in total. The maximum absolute atomic E-state index is 13.4. The van der Waals surface area contributed by atoms with E-state index in [-0.39, 0.29) is 5.91 Å². The van der Waals surface area contributed by atoms with Crippen LogP contribution >= 0.6 is 0 Å². The van der Waals surface area contributed by atoms with Gasteiger partial charge in [-0.25, -0.2) is 0 Å². The van der Waals surface area contributed by atoms with Gasteiger partial charge >= 0.3 is 0 Å². The highest BCUT2D eigenvalue weighted by atomic mass is 16.2. The van der Waals surface area contributed by atoms with Crippen LogP contribution in [0.4, 0.5) is 17.2 Å². The number of carbonyl (C=O) groups is 1. The molecular formula is C21H23N5O. The number of hydrogen-bond donors (Lipinski definition) is 2. The first-order valence-electron chi connectivity index (χ1n) is 9.01. The lowest BCUT2D eigenvalue weighted by Crippen LogP contribution is -2.30. The van der Waals surface area contributed by atoms with Crippen molar-refractivity contribution in [2.45, 2.75) is 20.0 Å². The number of amides is 1. The van der Waals surface area contributed by atoms with Gasteiger partial charge in [0.1, 0.15) is 5.82 Å². The summed E-state index contributed by atoms with van der Waals surface area (Å²) in [6, 6.07) is 13.8.